The standard InChI is InChI=1S/C18H18O4/c1-4-11-7-13-10-15(22-18(13)17(8-11)21-3)12-5-6-14(19)16(9-12)20-2/h4-9,15,19H,1,10H2,2-3H3. The summed E-state index contributed by atoms with van der Waals surface area (Å²) in [7, 11) is 3.16. The van der Waals surface area contributed by atoms with Crippen LogP contribution in [-0.2, 0) is 6.42 Å². The predicted octanol–water partition coefficient (Wildman–Crippen LogP) is 3.73. The summed E-state index contributed by atoms with van der Waals surface area (Å²) in [6.07, 6.45) is 2.40. The molecule has 0 saturated carbocycles. The van der Waals surface area contributed by atoms with Crippen LogP contribution < -0.4 is 14.2 Å². The Kier molecular flexibility index (Phi) is 3.67. The van der Waals surface area contributed by atoms with Gasteiger partial charge in [-0.25, -0.2) is 0 Å². The number of methoxy groups -OCH3 is 2. The van der Waals surface area contributed by atoms with Gasteiger partial charge < -0.3 is 19.3 Å². The van der Waals surface area contributed by atoms with Gasteiger partial charge in [0.25, 0.3) is 0 Å². The summed E-state index contributed by atoms with van der Waals surface area (Å²) in [5, 5.41) is 9.70. The lowest BCUT2D eigenvalue weighted by atomic mass is 10.0. The van der Waals surface area contributed by atoms with Crippen LogP contribution in [0.1, 0.15) is 22.8 Å². The third-order valence-electron chi connectivity index (χ3n) is 3.85. The molecule has 2 aromatic carbocycles. The number of aromatic hydroxyl groups is 1. The third kappa shape index (κ3) is 2.37. The molecule has 1 heterocycles. The van der Waals surface area contributed by atoms with Gasteiger partial charge in [0, 0.05) is 12.0 Å². The van der Waals surface area contributed by atoms with Crippen molar-refractivity contribution in [3.05, 3.63) is 53.6 Å². The van der Waals surface area contributed by atoms with Gasteiger partial charge in [0.05, 0.1) is 14.2 Å². The molecule has 114 valence electrons. The van der Waals surface area contributed by atoms with Crippen molar-refractivity contribution in [2.75, 3.05) is 14.2 Å². The molecular weight excluding hydrogens is 280 g/mol. The maximum Gasteiger partial charge on any atom is 0.165 e. The summed E-state index contributed by atoms with van der Waals surface area (Å²) >= 11 is 0. The molecule has 0 radical (unpaired) electrons. The molecule has 1 unspecified atom stereocenters. The zero-order valence-electron chi connectivity index (χ0n) is 12.6. The number of hydrogen-bond donors (Lipinski definition) is 1. The topological polar surface area (TPSA) is 47.9 Å². The summed E-state index contributed by atoms with van der Waals surface area (Å²) in [4.78, 5) is 0. The fourth-order valence-corrected chi connectivity index (χ4v) is 2.70. The molecule has 1 aliphatic heterocycles. The minimum absolute atomic E-state index is 0.119. The van der Waals surface area contributed by atoms with E-state index in [1.54, 1.807) is 25.3 Å². The van der Waals surface area contributed by atoms with Crippen molar-refractivity contribution in [2.45, 2.75) is 12.5 Å². The van der Waals surface area contributed by atoms with Crippen LogP contribution in [0.15, 0.2) is 36.9 Å². The van der Waals surface area contributed by atoms with Crippen LogP contribution in [0.25, 0.3) is 6.08 Å². The summed E-state index contributed by atoms with van der Waals surface area (Å²) < 4.78 is 16.6. The van der Waals surface area contributed by atoms with Gasteiger partial charge in [-0.2, -0.15) is 0 Å². The Morgan fingerprint density at radius 1 is 1.18 bits per heavy atom. The first-order chi connectivity index (χ1) is 10.7. The molecule has 0 fully saturated rings. The Morgan fingerprint density at radius 3 is 2.64 bits per heavy atom. The lowest BCUT2D eigenvalue weighted by Crippen LogP contribution is -2.03. The molecule has 1 atom stereocenters. The van der Waals surface area contributed by atoms with E-state index in [-0.39, 0.29) is 11.9 Å². The summed E-state index contributed by atoms with van der Waals surface area (Å²) in [5.74, 6) is 2.04. The first-order valence-electron chi connectivity index (χ1n) is 7.03. The zero-order chi connectivity index (χ0) is 15.7. The van der Waals surface area contributed by atoms with Crippen LogP contribution in [0.5, 0.6) is 23.0 Å². The molecular formula is C18H18O4. The summed E-state index contributed by atoms with van der Waals surface area (Å²) in [5.41, 5.74) is 3.04. The number of rotatable bonds is 4. The van der Waals surface area contributed by atoms with Crippen molar-refractivity contribution in [3.63, 3.8) is 0 Å². The molecule has 4 heteroatoms. The first-order valence-corrected chi connectivity index (χ1v) is 7.03. The maximum atomic E-state index is 9.70. The molecule has 0 spiro atoms. The summed E-state index contributed by atoms with van der Waals surface area (Å²) in [6.45, 7) is 3.80. The number of benzene rings is 2. The largest absolute Gasteiger partial charge is 0.504 e. The Balaban J connectivity index is 1.95. The van der Waals surface area contributed by atoms with Crippen LogP contribution in [-0.4, -0.2) is 19.3 Å². The Hall–Kier alpha value is -2.62. The normalized spacial score (nSPS) is 15.8. The molecule has 0 aliphatic carbocycles. The predicted molar refractivity (Wildman–Crippen MR) is 84.8 cm³/mol. The fourth-order valence-electron chi connectivity index (χ4n) is 2.70. The van der Waals surface area contributed by atoms with Crippen LogP contribution in [0.2, 0.25) is 0 Å². The number of fused-ring (bicyclic) bond motifs is 1. The summed E-state index contributed by atoms with van der Waals surface area (Å²) in [6, 6.07) is 9.23. The van der Waals surface area contributed by atoms with Crippen molar-refractivity contribution >= 4 is 6.08 Å². The van der Waals surface area contributed by atoms with E-state index >= 15 is 0 Å². The number of phenols is 1. The van der Waals surface area contributed by atoms with E-state index in [1.165, 1.54) is 7.11 Å². The van der Waals surface area contributed by atoms with E-state index in [1.807, 2.05) is 12.1 Å². The quantitative estimate of drug-likeness (QED) is 0.934. The molecule has 0 aromatic heterocycles. The lowest BCUT2D eigenvalue weighted by molar-refractivity contribution is 0.228. The van der Waals surface area contributed by atoms with Gasteiger partial charge in [0.2, 0.25) is 0 Å². The highest BCUT2D eigenvalue weighted by Crippen LogP contribution is 2.44. The van der Waals surface area contributed by atoms with Crippen molar-refractivity contribution in [1.29, 1.82) is 0 Å². The highest BCUT2D eigenvalue weighted by atomic mass is 16.5. The molecule has 0 amide bonds. The van der Waals surface area contributed by atoms with Crippen LogP contribution in [0, 0.1) is 0 Å². The Labute approximate surface area is 129 Å². The fraction of sp³-hybridized carbons (Fsp3) is 0.222. The van der Waals surface area contributed by atoms with Gasteiger partial charge in [-0.1, -0.05) is 18.7 Å². The SMILES string of the molecule is C=Cc1cc2c(c(OC)c1)OC(c1ccc(O)c(OC)c1)C2. The number of phenolic OH excluding ortho intramolecular Hbond substituents is 1. The minimum atomic E-state index is -0.126. The molecule has 22 heavy (non-hydrogen) atoms. The highest BCUT2D eigenvalue weighted by Gasteiger charge is 2.28. The van der Waals surface area contributed by atoms with Gasteiger partial charge in [0.1, 0.15) is 6.10 Å². The van der Waals surface area contributed by atoms with E-state index in [2.05, 4.69) is 12.6 Å². The molecule has 1 aliphatic rings. The monoisotopic (exact) mass is 298 g/mol. The van der Waals surface area contributed by atoms with Crippen molar-refractivity contribution < 1.29 is 19.3 Å². The van der Waals surface area contributed by atoms with E-state index in [0.717, 1.165) is 28.9 Å². The van der Waals surface area contributed by atoms with Gasteiger partial charge >= 0.3 is 0 Å². The molecule has 2 aromatic rings. The van der Waals surface area contributed by atoms with E-state index in [0.29, 0.717) is 11.5 Å². The number of hydrogen-bond acceptors (Lipinski definition) is 4. The third-order valence-corrected chi connectivity index (χ3v) is 3.85. The Bertz CT molecular complexity index is 721. The van der Waals surface area contributed by atoms with E-state index in [4.69, 9.17) is 14.2 Å². The molecule has 4 nitrogen and oxygen atoms in total. The van der Waals surface area contributed by atoms with Crippen molar-refractivity contribution in [1.82, 2.24) is 0 Å². The van der Waals surface area contributed by atoms with Crippen LogP contribution >= 0.6 is 0 Å². The Morgan fingerprint density at radius 2 is 1.95 bits per heavy atom. The van der Waals surface area contributed by atoms with Gasteiger partial charge in [0.15, 0.2) is 23.0 Å². The van der Waals surface area contributed by atoms with Gasteiger partial charge in [-0.05, 0) is 35.4 Å². The number of ether oxygens (including phenoxy) is 3. The molecule has 0 bridgehead atoms. The van der Waals surface area contributed by atoms with E-state index in [9.17, 15) is 5.11 Å². The van der Waals surface area contributed by atoms with E-state index < -0.39 is 0 Å². The second-order valence-electron chi connectivity index (χ2n) is 5.16. The van der Waals surface area contributed by atoms with Gasteiger partial charge in [-0.15, -0.1) is 0 Å². The van der Waals surface area contributed by atoms with Gasteiger partial charge in [-0.3, -0.25) is 0 Å². The lowest BCUT2D eigenvalue weighted by Gasteiger charge is -2.14. The molecule has 0 saturated heterocycles. The highest BCUT2D eigenvalue weighted by molar-refractivity contribution is 5.60. The minimum Gasteiger partial charge on any atom is -0.504 e. The zero-order valence-corrected chi connectivity index (χ0v) is 12.6. The van der Waals surface area contributed by atoms with Crippen molar-refractivity contribution in [3.8, 4) is 23.0 Å². The van der Waals surface area contributed by atoms with Crippen molar-refractivity contribution in [2.24, 2.45) is 0 Å². The molecule has 3 rings (SSSR count). The molecule has 1 N–H and O–H groups in total. The average molecular weight is 298 g/mol. The second-order valence-corrected chi connectivity index (χ2v) is 5.16. The maximum absolute atomic E-state index is 9.70. The first kappa shape index (κ1) is 14.3. The van der Waals surface area contributed by atoms with Crippen LogP contribution in [0.3, 0.4) is 0 Å². The van der Waals surface area contributed by atoms with Crippen LogP contribution in [0.4, 0.5) is 0 Å². The second kappa shape index (κ2) is 5.64. The smallest absolute Gasteiger partial charge is 0.165 e. The average Bonchev–Trinajstić information content (AvgIpc) is 2.98.